The molecule has 116 valence electrons. The summed E-state index contributed by atoms with van der Waals surface area (Å²) in [6, 6.07) is 3.83. The Morgan fingerprint density at radius 3 is 2.48 bits per heavy atom. The summed E-state index contributed by atoms with van der Waals surface area (Å²) in [5.74, 6) is -0.265. The maximum Gasteiger partial charge on any atom is 0.416 e. The van der Waals surface area contributed by atoms with Crippen LogP contribution in [0, 0.1) is 0 Å². The van der Waals surface area contributed by atoms with Crippen molar-refractivity contribution in [2.45, 2.75) is 37.7 Å². The highest BCUT2D eigenvalue weighted by Crippen LogP contribution is 2.29. The van der Waals surface area contributed by atoms with E-state index in [0.717, 1.165) is 12.1 Å². The van der Waals surface area contributed by atoms with Gasteiger partial charge in [-0.1, -0.05) is 12.1 Å². The minimum atomic E-state index is -4.37. The van der Waals surface area contributed by atoms with Crippen molar-refractivity contribution in [2.75, 3.05) is 6.54 Å². The van der Waals surface area contributed by atoms with Gasteiger partial charge in [-0.25, -0.2) is 0 Å². The lowest BCUT2D eigenvalue weighted by atomic mass is 10.1. The Bertz CT molecular complexity index is 502. The molecule has 1 aliphatic heterocycles. The molecule has 3 atom stereocenters. The highest BCUT2D eigenvalue weighted by atomic mass is 19.4. The summed E-state index contributed by atoms with van der Waals surface area (Å²) >= 11 is 0. The molecular formula is C14H17F3N2O2. The van der Waals surface area contributed by atoms with Crippen LogP contribution in [0.2, 0.25) is 0 Å². The van der Waals surface area contributed by atoms with Crippen molar-refractivity contribution in [3.63, 3.8) is 0 Å². The number of carbonyl (C=O) groups excluding carboxylic acids is 1. The second kappa shape index (κ2) is 6.03. The molecule has 1 saturated heterocycles. The second-order valence-electron chi connectivity index (χ2n) is 5.20. The van der Waals surface area contributed by atoms with Gasteiger partial charge in [-0.3, -0.25) is 4.79 Å². The number of nitrogens with one attached hydrogen (secondary N) is 2. The molecule has 0 radical (unpaired) electrons. The number of aliphatic hydroxyl groups is 1. The Balaban J connectivity index is 1.97. The van der Waals surface area contributed by atoms with Gasteiger partial charge in [0.25, 0.3) is 0 Å². The van der Waals surface area contributed by atoms with Crippen LogP contribution in [-0.2, 0) is 11.0 Å². The molecule has 7 heteroatoms. The lowest BCUT2D eigenvalue weighted by Gasteiger charge is -2.18. The monoisotopic (exact) mass is 302 g/mol. The first kappa shape index (κ1) is 15.8. The van der Waals surface area contributed by atoms with Crippen LogP contribution in [0.15, 0.2) is 24.3 Å². The number of rotatable bonds is 3. The van der Waals surface area contributed by atoms with Crippen molar-refractivity contribution in [1.82, 2.24) is 10.6 Å². The van der Waals surface area contributed by atoms with Gasteiger partial charge < -0.3 is 15.7 Å². The Morgan fingerprint density at radius 2 is 2.00 bits per heavy atom. The number of aliphatic hydroxyl groups excluding tert-OH is 1. The summed E-state index contributed by atoms with van der Waals surface area (Å²) in [7, 11) is 0. The smallest absolute Gasteiger partial charge is 0.392 e. The molecule has 0 aromatic heterocycles. The quantitative estimate of drug-likeness (QED) is 0.795. The lowest BCUT2D eigenvalue weighted by molar-refractivity contribution is -0.137. The summed E-state index contributed by atoms with van der Waals surface area (Å²) < 4.78 is 37.4. The zero-order chi connectivity index (χ0) is 15.6. The molecular weight excluding hydrogens is 285 g/mol. The largest absolute Gasteiger partial charge is 0.416 e. The van der Waals surface area contributed by atoms with E-state index >= 15 is 0 Å². The first-order valence-electron chi connectivity index (χ1n) is 6.66. The van der Waals surface area contributed by atoms with Crippen LogP contribution in [0.3, 0.4) is 0 Å². The molecule has 1 heterocycles. The van der Waals surface area contributed by atoms with E-state index in [2.05, 4.69) is 10.6 Å². The number of hydrogen-bond donors (Lipinski definition) is 3. The molecule has 21 heavy (non-hydrogen) atoms. The van der Waals surface area contributed by atoms with Crippen LogP contribution in [0.5, 0.6) is 0 Å². The molecule has 3 N–H and O–H groups in total. The number of hydrogen-bond acceptors (Lipinski definition) is 3. The Morgan fingerprint density at radius 1 is 1.38 bits per heavy atom. The third-order valence-electron chi connectivity index (χ3n) is 3.52. The maximum absolute atomic E-state index is 12.5. The van der Waals surface area contributed by atoms with Crippen molar-refractivity contribution >= 4 is 5.91 Å². The summed E-state index contributed by atoms with van der Waals surface area (Å²) in [6.07, 6.45) is -4.57. The number of halogens is 3. The van der Waals surface area contributed by atoms with Gasteiger partial charge in [0.15, 0.2) is 0 Å². The first-order chi connectivity index (χ1) is 9.77. The first-order valence-corrected chi connectivity index (χ1v) is 6.66. The molecule has 2 rings (SSSR count). The molecule has 4 nitrogen and oxygen atoms in total. The fourth-order valence-electron chi connectivity index (χ4n) is 2.27. The summed E-state index contributed by atoms with van der Waals surface area (Å²) in [5.41, 5.74) is -0.125. The van der Waals surface area contributed by atoms with Crippen molar-refractivity contribution in [1.29, 1.82) is 0 Å². The number of amides is 1. The third kappa shape index (κ3) is 3.95. The Labute approximate surface area is 120 Å². The topological polar surface area (TPSA) is 61.4 Å². The average Bonchev–Trinajstić information content (AvgIpc) is 2.84. The molecule has 1 aromatic rings. The van der Waals surface area contributed by atoms with E-state index < -0.39 is 29.9 Å². The fourth-order valence-corrected chi connectivity index (χ4v) is 2.27. The van der Waals surface area contributed by atoms with Gasteiger partial charge in [0.1, 0.15) is 0 Å². The molecule has 1 fully saturated rings. The molecule has 1 aromatic carbocycles. The van der Waals surface area contributed by atoms with E-state index in [1.54, 1.807) is 6.92 Å². The summed E-state index contributed by atoms with van der Waals surface area (Å²) in [5, 5.41) is 15.0. The van der Waals surface area contributed by atoms with Crippen molar-refractivity contribution in [3.05, 3.63) is 35.4 Å². The summed E-state index contributed by atoms with van der Waals surface area (Å²) in [6.45, 7) is 2.07. The van der Waals surface area contributed by atoms with Crippen molar-refractivity contribution in [3.8, 4) is 0 Å². The van der Waals surface area contributed by atoms with Crippen LogP contribution in [0.1, 0.15) is 30.5 Å². The number of β-amino-alcohol motifs (C(OH)–C–C–N with tert-alkyl or cyclic N) is 1. The standard InChI is InChI=1S/C14H17F3N2O2/c1-8(19-13(21)12-6-11(20)7-18-12)9-2-4-10(5-3-9)14(15,16)17/h2-5,8,11-12,18,20H,6-7H2,1H3,(H,19,21)/t8-,11-,12+/m0/s1. The third-order valence-corrected chi connectivity index (χ3v) is 3.52. The molecule has 0 spiro atoms. The normalized spacial score (nSPS) is 23.9. The molecule has 1 amide bonds. The summed E-state index contributed by atoms with van der Waals surface area (Å²) in [4.78, 5) is 11.9. The van der Waals surface area contributed by atoms with E-state index in [0.29, 0.717) is 18.5 Å². The van der Waals surface area contributed by atoms with Crippen LogP contribution in [0.25, 0.3) is 0 Å². The van der Waals surface area contributed by atoms with Gasteiger partial charge in [0.05, 0.1) is 23.8 Å². The van der Waals surface area contributed by atoms with E-state index in [4.69, 9.17) is 0 Å². The number of carbonyl (C=O) groups is 1. The van der Waals surface area contributed by atoms with Gasteiger partial charge in [-0.2, -0.15) is 13.2 Å². The van der Waals surface area contributed by atoms with Crippen LogP contribution in [-0.4, -0.2) is 29.7 Å². The number of alkyl halides is 3. The van der Waals surface area contributed by atoms with E-state index in [-0.39, 0.29) is 5.91 Å². The average molecular weight is 302 g/mol. The fraction of sp³-hybridized carbons (Fsp3) is 0.500. The van der Waals surface area contributed by atoms with Gasteiger partial charge in [-0.05, 0) is 31.0 Å². The SMILES string of the molecule is C[C@H](NC(=O)[C@H]1C[C@H](O)CN1)c1ccc(C(F)(F)F)cc1. The minimum absolute atomic E-state index is 0.265. The second-order valence-corrected chi connectivity index (χ2v) is 5.20. The zero-order valence-corrected chi connectivity index (χ0v) is 11.4. The minimum Gasteiger partial charge on any atom is -0.392 e. The van der Waals surface area contributed by atoms with Gasteiger partial charge in [-0.15, -0.1) is 0 Å². The lowest BCUT2D eigenvalue weighted by Crippen LogP contribution is -2.41. The highest BCUT2D eigenvalue weighted by Gasteiger charge is 2.31. The molecule has 0 unspecified atom stereocenters. The van der Waals surface area contributed by atoms with E-state index in [9.17, 15) is 23.1 Å². The molecule has 0 saturated carbocycles. The predicted molar refractivity (Wildman–Crippen MR) is 70.4 cm³/mol. The predicted octanol–water partition coefficient (Wildman–Crippen LogP) is 1.61. The molecule has 0 aliphatic carbocycles. The van der Waals surface area contributed by atoms with Crippen LogP contribution < -0.4 is 10.6 Å². The van der Waals surface area contributed by atoms with Gasteiger partial charge >= 0.3 is 6.18 Å². The van der Waals surface area contributed by atoms with Gasteiger partial charge in [0.2, 0.25) is 5.91 Å². The molecule has 1 aliphatic rings. The molecule has 0 bridgehead atoms. The van der Waals surface area contributed by atoms with Crippen LogP contribution >= 0.6 is 0 Å². The highest BCUT2D eigenvalue weighted by molar-refractivity contribution is 5.82. The Hall–Kier alpha value is -1.60. The van der Waals surface area contributed by atoms with E-state index in [1.807, 2.05) is 0 Å². The Kier molecular flexibility index (Phi) is 4.53. The van der Waals surface area contributed by atoms with E-state index in [1.165, 1.54) is 12.1 Å². The van der Waals surface area contributed by atoms with Crippen LogP contribution in [0.4, 0.5) is 13.2 Å². The van der Waals surface area contributed by atoms with Gasteiger partial charge in [0, 0.05) is 6.54 Å². The number of benzene rings is 1. The van der Waals surface area contributed by atoms with Crippen molar-refractivity contribution in [2.24, 2.45) is 0 Å². The maximum atomic E-state index is 12.5. The zero-order valence-electron chi connectivity index (χ0n) is 11.4. The van der Waals surface area contributed by atoms with Crippen molar-refractivity contribution < 1.29 is 23.1 Å².